The SMILES string of the molecule is C=Cc1ccccc1C(F)(F)F.O=C(O)C=Cc1ccccc1C(F)(F)F. The summed E-state index contributed by atoms with van der Waals surface area (Å²) in [6.07, 6.45) is -5.97. The van der Waals surface area contributed by atoms with Gasteiger partial charge in [0.15, 0.2) is 0 Å². The average molecular weight is 388 g/mol. The Kier molecular flexibility index (Phi) is 7.39. The van der Waals surface area contributed by atoms with Gasteiger partial charge in [0, 0.05) is 6.08 Å². The van der Waals surface area contributed by atoms with E-state index in [1.165, 1.54) is 36.4 Å². The van der Waals surface area contributed by atoms with E-state index in [0.29, 0.717) is 6.08 Å². The molecule has 0 aliphatic carbocycles. The molecule has 0 bridgehead atoms. The fourth-order valence-electron chi connectivity index (χ4n) is 1.99. The fraction of sp³-hybridized carbons (Fsp3) is 0.105. The number of hydrogen-bond acceptors (Lipinski definition) is 1. The third kappa shape index (κ3) is 7.01. The van der Waals surface area contributed by atoms with Crippen LogP contribution in [0.2, 0.25) is 0 Å². The molecule has 0 radical (unpaired) electrons. The number of carbonyl (C=O) groups is 1. The second kappa shape index (κ2) is 9.07. The zero-order valence-electron chi connectivity index (χ0n) is 13.7. The minimum Gasteiger partial charge on any atom is -0.478 e. The van der Waals surface area contributed by atoms with E-state index < -0.39 is 29.4 Å². The van der Waals surface area contributed by atoms with Gasteiger partial charge in [-0.1, -0.05) is 49.1 Å². The Hall–Kier alpha value is -3.03. The highest BCUT2D eigenvalue weighted by Gasteiger charge is 2.32. The van der Waals surface area contributed by atoms with Gasteiger partial charge in [0.05, 0.1) is 11.1 Å². The molecule has 0 saturated carbocycles. The quantitative estimate of drug-likeness (QED) is 0.506. The molecule has 0 heterocycles. The van der Waals surface area contributed by atoms with E-state index in [9.17, 15) is 31.1 Å². The first kappa shape index (κ1) is 22.0. The first-order chi connectivity index (χ1) is 12.5. The molecule has 0 spiro atoms. The van der Waals surface area contributed by atoms with Crippen molar-refractivity contribution in [1.82, 2.24) is 0 Å². The Morgan fingerprint density at radius 1 is 0.815 bits per heavy atom. The molecule has 0 aromatic heterocycles. The van der Waals surface area contributed by atoms with Crippen LogP contribution in [0.25, 0.3) is 12.2 Å². The molecule has 2 nitrogen and oxygen atoms in total. The van der Waals surface area contributed by atoms with Crippen molar-refractivity contribution in [3.63, 3.8) is 0 Å². The van der Waals surface area contributed by atoms with Crippen LogP contribution in [0.4, 0.5) is 26.3 Å². The summed E-state index contributed by atoms with van der Waals surface area (Å²) in [5.41, 5.74) is -1.53. The molecule has 0 aliphatic rings. The monoisotopic (exact) mass is 388 g/mol. The summed E-state index contributed by atoms with van der Waals surface area (Å²) in [7, 11) is 0. The molecule has 0 atom stereocenters. The predicted octanol–water partition coefficient (Wildman–Crippen LogP) is 6.15. The van der Waals surface area contributed by atoms with Crippen LogP contribution < -0.4 is 0 Å². The second-order valence-corrected chi connectivity index (χ2v) is 5.05. The Morgan fingerprint density at radius 2 is 1.22 bits per heavy atom. The number of carboxylic acid groups (broad SMARTS) is 1. The summed E-state index contributed by atoms with van der Waals surface area (Å²) in [4.78, 5) is 10.2. The topological polar surface area (TPSA) is 37.3 Å². The Balaban J connectivity index is 0.000000277. The highest BCUT2D eigenvalue weighted by Crippen LogP contribution is 2.33. The number of halogens is 6. The van der Waals surface area contributed by atoms with Crippen LogP contribution in [0, 0.1) is 0 Å². The van der Waals surface area contributed by atoms with Gasteiger partial charge in [0.25, 0.3) is 0 Å². The molecule has 0 amide bonds. The van der Waals surface area contributed by atoms with E-state index in [1.54, 1.807) is 6.07 Å². The van der Waals surface area contributed by atoms with Crippen molar-refractivity contribution >= 4 is 18.1 Å². The average Bonchev–Trinajstić information content (AvgIpc) is 2.59. The molecule has 2 rings (SSSR count). The Morgan fingerprint density at radius 3 is 1.59 bits per heavy atom. The summed E-state index contributed by atoms with van der Waals surface area (Å²) in [5, 5.41) is 8.30. The number of alkyl halides is 6. The summed E-state index contributed by atoms with van der Waals surface area (Å²) >= 11 is 0. The van der Waals surface area contributed by atoms with E-state index in [-0.39, 0.29) is 11.1 Å². The third-order valence-electron chi connectivity index (χ3n) is 3.16. The maximum absolute atomic E-state index is 12.4. The van der Waals surface area contributed by atoms with Crippen LogP contribution >= 0.6 is 0 Å². The van der Waals surface area contributed by atoms with Gasteiger partial charge >= 0.3 is 18.3 Å². The standard InChI is InChI=1S/C10H7F3O2.C9H7F3/c11-10(12,13)8-4-2-1-3-7(8)5-6-9(14)15;1-2-7-5-3-4-6-8(7)9(10,11)12/h1-6H,(H,14,15);2-6H,1H2. The highest BCUT2D eigenvalue weighted by atomic mass is 19.4. The van der Waals surface area contributed by atoms with Gasteiger partial charge in [-0.15, -0.1) is 0 Å². The summed E-state index contributed by atoms with van der Waals surface area (Å²) in [6, 6.07) is 10.1. The third-order valence-corrected chi connectivity index (χ3v) is 3.16. The second-order valence-electron chi connectivity index (χ2n) is 5.05. The van der Waals surface area contributed by atoms with Crippen molar-refractivity contribution in [3.05, 3.63) is 83.4 Å². The van der Waals surface area contributed by atoms with Crippen LogP contribution in [-0.2, 0) is 17.1 Å². The fourth-order valence-corrected chi connectivity index (χ4v) is 1.99. The van der Waals surface area contributed by atoms with Gasteiger partial charge in [0.2, 0.25) is 0 Å². The van der Waals surface area contributed by atoms with Crippen molar-refractivity contribution in [3.8, 4) is 0 Å². The van der Waals surface area contributed by atoms with Crippen LogP contribution in [0.3, 0.4) is 0 Å². The van der Waals surface area contributed by atoms with E-state index in [1.807, 2.05) is 0 Å². The molecule has 27 heavy (non-hydrogen) atoms. The van der Waals surface area contributed by atoms with Gasteiger partial charge < -0.3 is 5.11 Å². The van der Waals surface area contributed by atoms with Crippen molar-refractivity contribution < 1.29 is 36.2 Å². The highest BCUT2D eigenvalue weighted by molar-refractivity contribution is 5.85. The van der Waals surface area contributed by atoms with Crippen LogP contribution in [-0.4, -0.2) is 11.1 Å². The minimum absolute atomic E-state index is 0.116. The van der Waals surface area contributed by atoms with E-state index in [4.69, 9.17) is 5.11 Å². The van der Waals surface area contributed by atoms with Gasteiger partial charge in [0.1, 0.15) is 0 Å². The first-order valence-electron chi connectivity index (χ1n) is 7.32. The molecular weight excluding hydrogens is 374 g/mol. The lowest BCUT2D eigenvalue weighted by molar-refractivity contribution is -0.138. The molecule has 144 valence electrons. The molecule has 8 heteroatoms. The number of hydrogen-bond donors (Lipinski definition) is 1. The van der Waals surface area contributed by atoms with E-state index in [2.05, 4.69) is 6.58 Å². The predicted molar refractivity (Wildman–Crippen MR) is 89.6 cm³/mol. The molecule has 0 unspecified atom stereocenters. The lowest BCUT2D eigenvalue weighted by Crippen LogP contribution is -2.06. The minimum atomic E-state index is -4.47. The maximum Gasteiger partial charge on any atom is 0.416 e. The smallest absolute Gasteiger partial charge is 0.416 e. The zero-order chi connectivity index (χ0) is 20.7. The zero-order valence-corrected chi connectivity index (χ0v) is 13.7. The van der Waals surface area contributed by atoms with Crippen molar-refractivity contribution in [2.75, 3.05) is 0 Å². The number of rotatable bonds is 3. The summed E-state index contributed by atoms with van der Waals surface area (Å²) < 4.78 is 73.7. The Labute approximate surface area is 151 Å². The van der Waals surface area contributed by atoms with Crippen LogP contribution in [0.1, 0.15) is 22.3 Å². The molecule has 1 N–H and O–H groups in total. The van der Waals surface area contributed by atoms with Gasteiger partial charge in [-0.2, -0.15) is 26.3 Å². The van der Waals surface area contributed by atoms with Gasteiger partial charge in [-0.05, 0) is 29.3 Å². The maximum atomic E-state index is 12.4. The molecule has 2 aromatic carbocycles. The summed E-state index contributed by atoms with van der Waals surface area (Å²) in [6.45, 7) is 3.31. The molecule has 2 aromatic rings. The normalized spacial score (nSPS) is 11.6. The van der Waals surface area contributed by atoms with Crippen molar-refractivity contribution in [2.45, 2.75) is 12.4 Å². The summed E-state index contributed by atoms with van der Waals surface area (Å²) in [5.74, 6) is -1.29. The number of benzene rings is 2. The lowest BCUT2D eigenvalue weighted by atomic mass is 10.1. The van der Waals surface area contributed by atoms with Crippen molar-refractivity contribution in [2.24, 2.45) is 0 Å². The molecule has 0 saturated heterocycles. The molecule has 0 fully saturated rings. The molecular formula is C19H14F6O2. The van der Waals surface area contributed by atoms with Crippen LogP contribution in [0.5, 0.6) is 0 Å². The largest absolute Gasteiger partial charge is 0.478 e. The number of carboxylic acids is 1. The number of aliphatic carboxylic acids is 1. The van der Waals surface area contributed by atoms with Gasteiger partial charge in [-0.3, -0.25) is 0 Å². The van der Waals surface area contributed by atoms with E-state index >= 15 is 0 Å². The Bertz CT molecular complexity index is 819. The molecule has 0 aliphatic heterocycles. The van der Waals surface area contributed by atoms with Crippen LogP contribution in [0.15, 0.2) is 61.2 Å². The first-order valence-corrected chi connectivity index (χ1v) is 7.32. The van der Waals surface area contributed by atoms with E-state index in [0.717, 1.165) is 18.2 Å². The van der Waals surface area contributed by atoms with Gasteiger partial charge in [-0.25, -0.2) is 4.79 Å². The lowest BCUT2D eigenvalue weighted by Gasteiger charge is -2.09. The van der Waals surface area contributed by atoms with Crippen molar-refractivity contribution in [1.29, 1.82) is 0 Å².